The quantitative estimate of drug-likeness (QED) is 0.0279. The summed E-state index contributed by atoms with van der Waals surface area (Å²) >= 11 is 0. The average molecular weight is 1540 g/mol. The number of amides is 1. The lowest BCUT2D eigenvalue weighted by Crippen LogP contribution is -2.69. The van der Waals surface area contributed by atoms with Crippen LogP contribution < -0.4 is 5.32 Å². The van der Waals surface area contributed by atoms with Gasteiger partial charge in [-0.1, -0.05) is 299 Å². The van der Waals surface area contributed by atoms with Crippen LogP contribution in [0.1, 0.15) is 109 Å². The number of hydrogen-bond acceptors (Lipinski definition) is 18. The van der Waals surface area contributed by atoms with Gasteiger partial charge in [0, 0.05) is 20.0 Å². The third kappa shape index (κ3) is 27.0. The summed E-state index contributed by atoms with van der Waals surface area (Å²) in [4.78, 5) is 26.1. The zero-order chi connectivity index (χ0) is 77.7. The molecule has 3 aliphatic rings. The van der Waals surface area contributed by atoms with E-state index in [9.17, 15) is 9.59 Å². The highest BCUT2D eigenvalue weighted by Gasteiger charge is 2.57. The maximum atomic E-state index is 14.0. The molecule has 0 unspecified atom stereocenters. The third-order valence-corrected chi connectivity index (χ3v) is 20.0. The van der Waals surface area contributed by atoms with E-state index < -0.39 is 92.1 Å². The Balaban J connectivity index is 0.975. The normalized spacial score (nSPS) is 23.6. The predicted octanol–water partition coefficient (Wildman–Crippen LogP) is 15.9. The first-order chi connectivity index (χ1) is 55.8. The lowest BCUT2D eigenvalue weighted by Gasteiger charge is -2.52. The SMILES string of the molecule is CCOC(=O)CCCCCCCCO[C@@H]1O[C@H](COCc2ccccc2)[C@@H](O[C@@H]2O[C@H](COCc3ccccc3)[C@H](OCc3ccccc3)[C@H](O[C@H]3O[C@H](COCc4ccccc4)[C@H](OCc4ccccc4)[C@H](OCc4ccccc4)[C@H]3OCc3ccccc3)[C@H]2OCc2ccccc2)[C@H](OCc2ccccc2)[C@H]1NC(C)=O. The summed E-state index contributed by atoms with van der Waals surface area (Å²) in [5.74, 6) is -0.519. The van der Waals surface area contributed by atoms with Gasteiger partial charge in [-0.3, -0.25) is 9.59 Å². The third-order valence-electron chi connectivity index (χ3n) is 20.0. The van der Waals surface area contributed by atoms with Gasteiger partial charge >= 0.3 is 5.97 Å². The largest absolute Gasteiger partial charge is 0.466 e. The average Bonchev–Trinajstić information content (AvgIpc) is 0.760. The van der Waals surface area contributed by atoms with Crippen LogP contribution in [0.15, 0.2) is 273 Å². The molecule has 3 aliphatic heterocycles. The van der Waals surface area contributed by atoms with Crippen LogP contribution in [0.4, 0.5) is 0 Å². The van der Waals surface area contributed by atoms with Gasteiger partial charge < -0.3 is 81.1 Å². The molecule has 1 N–H and O–H groups in total. The Morgan fingerprint density at radius 2 is 0.584 bits per heavy atom. The molecule has 9 aromatic rings. The molecule has 3 fully saturated rings. The Morgan fingerprint density at radius 1 is 0.301 bits per heavy atom. The van der Waals surface area contributed by atoms with Crippen molar-refractivity contribution in [2.75, 3.05) is 33.0 Å². The number of benzene rings is 9. The molecule has 0 spiro atoms. The fourth-order valence-corrected chi connectivity index (χ4v) is 14.3. The second kappa shape index (κ2) is 46.6. The summed E-state index contributed by atoms with van der Waals surface area (Å²) in [5.41, 5.74) is 8.22. The number of hydrogen-bond donors (Lipinski definition) is 1. The van der Waals surface area contributed by atoms with Gasteiger partial charge in [-0.05, 0) is 69.8 Å². The number of carbonyl (C=O) groups is 2. The van der Waals surface area contributed by atoms with Crippen molar-refractivity contribution in [2.24, 2.45) is 0 Å². The summed E-state index contributed by atoms with van der Waals surface area (Å²) in [6, 6.07) is 88.6. The lowest BCUT2D eigenvalue weighted by atomic mass is 9.94. The molecule has 15 atom stereocenters. The molecule has 1 amide bonds. The fourth-order valence-electron chi connectivity index (χ4n) is 14.3. The van der Waals surface area contributed by atoms with Crippen molar-refractivity contribution >= 4 is 11.9 Å². The first kappa shape index (κ1) is 83.7. The molecular formula is C94H109NO18. The van der Waals surface area contributed by atoms with E-state index in [1.807, 2.05) is 280 Å². The highest BCUT2D eigenvalue weighted by molar-refractivity contribution is 5.73. The van der Waals surface area contributed by atoms with Crippen LogP contribution in [0, 0.1) is 0 Å². The maximum Gasteiger partial charge on any atom is 0.305 e. The number of unbranched alkanes of at least 4 members (excludes halogenated alkanes) is 5. The molecule has 3 heterocycles. The van der Waals surface area contributed by atoms with Crippen molar-refractivity contribution in [1.82, 2.24) is 5.32 Å². The van der Waals surface area contributed by atoms with E-state index in [-0.39, 0.29) is 91.2 Å². The zero-order valence-corrected chi connectivity index (χ0v) is 64.8. The van der Waals surface area contributed by atoms with E-state index in [2.05, 4.69) is 5.32 Å². The van der Waals surface area contributed by atoms with Crippen molar-refractivity contribution in [3.8, 4) is 0 Å². The molecule has 0 saturated carbocycles. The number of ether oxygens (including phenoxy) is 16. The molecule has 0 aliphatic carbocycles. The summed E-state index contributed by atoms with van der Waals surface area (Å²) in [7, 11) is 0. The predicted molar refractivity (Wildman–Crippen MR) is 427 cm³/mol. The minimum atomic E-state index is -1.39. The van der Waals surface area contributed by atoms with Crippen molar-refractivity contribution in [3.05, 3.63) is 323 Å². The van der Waals surface area contributed by atoms with E-state index in [4.69, 9.17) is 75.8 Å². The summed E-state index contributed by atoms with van der Waals surface area (Å²) in [6.45, 7) is 5.40. The van der Waals surface area contributed by atoms with Gasteiger partial charge in [0.15, 0.2) is 18.9 Å². The Bertz CT molecular complexity index is 4060. The van der Waals surface area contributed by atoms with Crippen molar-refractivity contribution < 1.29 is 85.4 Å². The van der Waals surface area contributed by atoms with E-state index in [1.54, 1.807) is 0 Å². The fraction of sp³-hybridized carbons (Fsp3) is 0.404. The first-order valence-corrected chi connectivity index (χ1v) is 39.9. The standard InChI is InChI=1S/C94H109NO18/c1-3-101-82(97)55-35-6-4-5-7-36-56-102-92-83(95-69(2)96)87(105-62-75-47-27-13-28-48-75)86(81(109-92)68-100-59-72-41-21-10-22-42-72)112-94-91(108-65-78-53-33-16-34-54-78)89(85(104-61-74-45-25-12-26-46-74)80(111-94)67-99-58-71-39-19-9-20-40-71)113-93-90(107-64-77-51-31-15-32-52-77)88(106-63-76-49-29-14-30-50-76)84(103-60-73-43-23-11-24-44-73)79(110-93)66-98-57-70-37-17-8-18-38-70/h8-34,37-54,79-81,83-94H,3-7,35-36,55-68H2,1-2H3,(H,95,96)/t79-,80-,81-,83-,84+,85+,86-,87-,88+,89+,90-,91-,92-,93-,94+/m1/s1. The Labute approximate surface area is 665 Å². The van der Waals surface area contributed by atoms with Crippen molar-refractivity contribution in [1.29, 1.82) is 0 Å². The van der Waals surface area contributed by atoms with Crippen LogP contribution >= 0.6 is 0 Å². The van der Waals surface area contributed by atoms with Gasteiger partial charge in [0.2, 0.25) is 5.91 Å². The lowest BCUT2D eigenvalue weighted by molar-refractivity contribution is -0.392. The number of rotatable bonds is 46. The van der Waals surface area contributed by atoms with Crippen molar-refractivity contribution in [2.45, 2.75) is 210 Å². The van der Waals surface area contributed by atoms with E-state index >= 15 is 0 Å². The highest BCUT2D eigenvalue weighted by atomic mass is 16.8. The van der Waals surface area contributed by atoms with Crippen LogP contribution in [0.2, 0.25) is 0 Å². The van der Waals surface area contributed by atoms with Gasteiger partial charge in [0.1, 0.15) is 73.2 Å². The second-order valence-electron chi connectivity index (χ2n) is 28.7. The molecule has 0 radical (unpaired) electrons. The minimum absolute atomic E-state index is 0.0280. The van der Waals surface area contributed by atoms with Gasteiger partial charge in [-0.2, -0.15) is 0 Å². The molecule has 0 aromatic heterocycles. The van der Waals surface area contributed by atoms with Crippen LogP contribution in [0.25, 0.3) is 0 Å². The van der Waals surface area contributed by atoms with E-state index in [0.29, 0.717) is 26.1 Å². The summed E-state index contributed by atoms with van der Waals surface area (Å²) in [5, 5.41) is 3.22. The summed E-state index contributed by atoms with van der Waals surface area (Å²) in [6.07, 6.45) is -9.42. The Morgan fingerprint density at radius 3 is 0.947 bits per heavy atom. The number of esters is 1. The zero-order valence-electron chi connectivity index (χ0n) is 64.8. The second-order valence-corrected chi connectivity index (χ2v) is 28.7. The van der Waals surface area contributed by atoms with E-state index in [0.717, 1.165) is 82.2 Å². The van der Waals surface area contributed by atoms with Crippen LogP contribution in [0.3, 0.4) is 0 Å². The number of nitrogens with one attached hydrogen (secondary N) is 1. The van der Waals surface area contributed by atoms with Crippen LogP contribution in [-0.2, 0) is 145 Å². The Hall–Kier alpha value is -8.68. The molecule has 19 heteroatoms. The van der Waals surface area contributed by atoms with Crippen LogP contribution in [-0.4, -0.2) is 137 Å². The Kier molecular flexibility index (Phi) is 34.5. The number of carbonyl (C=O) groups excluding carboxylic acids is 2. The van der Waals surface area contributed by atoms with Gasteiger partial charge in [-0.25, -0.2) is 0 Å². The molecule has 3 saturated heterocycles. The minimum Gasteiger partial charge on any atom is -0.466 e. The molecule has 12 rings (SSSR count). The van der Waals surface area contributed by atoms with Crippen molar-refractivity contribution in [3.63, 3.8) is 0 Å². The molecule has 113 heavy (non-hydrogen) atoms. The molecule has 19 nitrogen and oxygen atoms in total. The van der Waals surface area contributed by atoms with Gasteiger partial charge in [0.05, 0.1) is 85.9 Å². The van der Waals surface area contributed by atoms with Gasteiger partial charge in [0.25, 0.3) is 0 Å². The van der Waals surface area contributed by atoms with Crippen LogP contribution in [0.5, 0.6) is 0 Å². The molecule has 598 valence electrons. The molecular weight excluding hydrogens is 1430 g/mol. The molecule has 0 bridgehead atoms. The smallest absolute Gasteiger partial charge is 0.305 e. The maximum absolute atomic E-state index is 14.0. The van der Waals surface area contributed by atoms with Gasteiger partial charge in [-0.15, -0.1) is 0 Å². The summed E-state index contributed by atoms with van der Waals surface area (Å²) < 4.78 is 115. The topological polar surface area (TPSA) is 194 Å². The highest BCUT2D eigenvalue weighted by Crippen LogP contribution is 2.40. The van der Waals surface area contributed by atoms with E-state index in [1.165, 1.54) is 6.92 Å². The molecule has 9 aromatic carbocycles. The monoisotopic (exact) mass is 1540 g/mol. The first-order valence-electron chi connectivity index (χ1n) is 39.9.